The minimum Gasteiger partial charge on any atom is -0.508 e. The maximum atomic E-state index is 9.81. The Labute approximate surface area is 195 Å². The molecule has 4 heterocycles. The average Bonchev–Trinajstić information content (AvgIpc) is 3.23. The summed E-state index contributed by atoms with van der Waals surface area (Å²) in [5, 5.41) is 27.3. The summed E-state index contributed by atoms with van der Waals surface area (Å²) in [5.41, 5.74) is 3.09. The van der Waals surface area contributed by atoms with Gasteiger partial charge < -0.3 is 20.4 Å². The van der Waals surface area contributed by atoms with Crippen LogP contribution in [0.5, 0.6) is 5.75 Å². The third-order valence-electron chi connectivity index (χ3n) is 5.71. The number of pyridine rings is 2. The molecule has 3 aromatic heterocycles. The number of halogens is 1. The number of hydrogen-bond acceptors (Lipinski definition) is 8. The molecule has 1 aliphatic rings. The lowest BCUT2D eigenvalue weighted by Gasteiger charge is -2.35. The molecule has 1 saturated heterocycles. The third kappa shape index (κ3) is 4.70. The molecule has 0 saturated carbocycles. The number of anilines is 3. The van der Waals surface area contributed by atoms with E-state index in [0.29, 0.717) is 23.2 Å². The van der Waals surface area contributed by atoms with Crippen LogP contribution in [-0.2, 0) is 0 Å². The summed E-state index contributed by atoms with van der Waals surface area (Å²) in [5.74, 6) is 1.52. The van der Waals surface area contributed by atoms with Crippen molar-refractivity contribution >= 4 is 34.7 Å². The zero-order valence-corrected chi connectivity index (χ0v) is 18.7. The highest BCUT2D eigenvalue weighted by Crippen LogP contribution is 2.31. The molecule has 1 fully saturated rings. The van der Waals surface area contributed by atoms with Gasteiger partial charge >= 0.3 is 0 Å². The maximum Gasteiger partial charge on any atom is 0.247 e. The van der Waals surface area contributed by atoms with Gasteiger partial charge in [0, 0.05) is 73.0 Å². The Bertz CT molecular complexity index is 1270. The molecule has 0 spiro atoms. The summed E-state index contributed by atoms with van der Waals surface area (Å²) in [6, 6.07) is 12.5. The summed E-state index contributed by atoms with van der Waals surface area (Å²) < 4.78 is 1.68. The Hall–Kier alpha value is -3.40. The number of aromatic nitrogens is 4. The molecule has 3 N–H and O–H groups in total. The lowest BCUT2D eigenvalue weighted by molar-refractivity contribution is 0.188. The van der Waals surface area contributed by atoms with E-state index in [9.17, 15) is 5.11 Å². The van der Waals surface area contributed by atoms with E-state index < -0.39 is 0 Å². The number of rotatable bonds is 6. The first-order chi connectivity index (χ1) is 16.1. The number of nitrogens with one attached hydrogen (secondary N) is 1. The van der Waals surface area contributed by atoms with Gasteiger partial charge in [-0.2, -0.15) is 4.98 Å². The van der Waals surface area contributed by atoms with Crippen molar-refractivity contribution in [1.29, 1.82) is 0 Å². The molecule has 170 valence electrons. The number of phenols is 1. The summed E-state index contributed by atoms with van der Waals surface area (Å²) in [6.45, 7) is 4.43. The van der Waals surface area contributed by atoms with Crippen LogP contribution in [0.15, 0.2) is 54.9 Å². The van der Waals surface area contributed by atoms with Gasteiger partial charge in [0.25, 0.3) is 0 Å². The molecule has 10 heteroatoms. The molecule has 9 nitrogen and oxygen atoms in total. The first kappa shape index (κ1) is 21.4. The van der Waals surface area contributed by atoms with Gasteiger partial charge in [-0.15, -0.1) is 5.10 Å². The zero-order chi connectivity index (χ0) is 22.8. The van der Waals surface area contributed by atoms with E-state index in [-0.39, 0.29) is 12.4 Å². The molecule has 0 radical (unpaired) electrons. The predicted octanol–water partition coefficient (Wildman–Crippen LogP) is 3.01. The highest BCUT2D eigenvalue weighted by atomic mass is 35.5. The molecule has 4 aromatic rings. The van der Waals surface area contributed by atoms with Crippen LogP contribution in [0.25, 0.3) is 16.8 Å². The van der Waals surface area contributed by atoms with Crippen LogP contribution in [0.1, 0.15) is 0 Å². The van der Waals surface area contributed by atoms with E-state index in [0.717, 1.165) is 48.8 Å². The van der Waals surface area contributed by atoms with E-state index in [1.165, 1.54) is 0 Å². The second-order valence-electron chi connectivity index (χ2n) is 7.90. The molecular formula is C23H24ClN7O2. The fourth-order valence-electron chi connectivity index (χ4n) is 3.97. The number of benzene rings is 1. The smallest absolute Gasteiger partial charge is 0.247 e. The summed E-state index contributed by atoms with van der Waals surface area (Å²) in [6.07, 6.45) is 3.60. The van der Waals surface area contributed by atoms with Crippen LogP contribution >= 0.6 is 11.6 Å². The number of hydrogen-bond donors (Lipinski definition) is 3. The lowest BCUT2D eigenvalue weighted by Crippen LogP contribution is -2.47. The minimum atomic E-state index is 0.152. The monoisotopic (exact) mass is 465 g/mol. The molecule has 0 bridgehead atoms. The molecule has 0 atom stereocenters. The number of aliphatic hydroxyl groups excluding tert-OH is 1. The van der Waals surface area contributed by atoms with Crippen LogP contribution in [0.3, 0.4) is 0 Å². The maximum absolute atomic E-state index is 9.81. The number of phenolic OH excluding ortho intramolecular Hbond substituents is 1. The highest BCUT2D eigenvalue weighted by Gasteiger charge is 2.18. The first-order valence-corrected chi connectivity index (χ1v) is 11.1. The van der Waals surface area contributed by atoms with Crippen LogP contribution < -0.4 is 10.2 Å². The summed E-state index contributed by atoms with van der Waals surface area (Å²) >= 11 is 6.30. The van der Waals surface area contributed by atoms with Crippen molar-refractivity contribution < 1.29 is 10.2 Å². The van der Waals surface area contributed by atoms with Crippen molar-refractivity contribution in [1.82, 2.24) is 24.5 Å². The van der Waals surface area contributed by atoms with E-state index in [4.69, 9.17) is 16.7 Å². The molecule has 0 unspecified atom stereocenters. The number of fused-ring (bicyclic) bond motifs is 1. The molecule has 0 amide bonds. The van der Waals surface area contributed by atoms with Crippen LogP contribution in [-0.4, -0.2) is 74.0 Å². The Morgan fingerprint density at radius 3 is 2.70 bits per heavy atom. The number of nitrogens with zero attached hydrogens (tertiary/aromatic N) is 6. The minimum absolute atomic E-state index is 0.152. The largest absolute Gasteiger partial charge is 0.508 e. The highest BCUT2D eigenvalue weighted by molar-refractivity contribution is 6.33. The topological polar surface area (TPSA) is 102 Å². The Balaban J connectivity index is 1.33. The fraction of sp³-hybridized carbons (Fsp3) is 0.261. The number of piperazine rings is 1. The Morgan fingerprint density at radius 1 is 1.03 bits per heavy atom. The van der Waals surface area contributed by atoms with Crippen molar-refractivity contribution in [2.75, 3.05) is 49.5 Å². The average molecular weight is 466 g/mol. The quantitative estimate of drug-likeness (QED) is 0.399. The van der Waals surface area contributed by atoms with Gasteiger partial charge in [0.05, 0.1) is 6.61 Å². The molecule has 1 aliphatic heterocycles. The second kappa shape index (κ2) is 9.22. The van der Waals surface area contributed by atoms with E-state index in [2.05, 4.69) is 30.2 Å². The standard InChI is InChI=1S/C23H24ClN7O2/c24-20-3-2-18(33)14-19(20)16-1-4-21-27-23(28-31(21)15-16)26-17-5-6-25-22(13-17)30-9-7-29(8-10-30)11-12-32/h1-6,13-15,32-33H,7-12H2,(H,25,26,28). The molecule has 33 heavy (non-hydrogen) atoms. The number of aromatic hydroxyl groups is 1. The van der Waals surface area contributed by atoms with Crippen LogP contribution in [0, 0.1) is 0 Å². The summed E-state index contributed by atoms with van der Waals surface area (Å²) in [4.78, 5) is 13.6. The predicted molar refractivity (Wildman–Crippen MR) is 128 cm³/mol. The van der Waals surface area contributed by atoms with Crippen LogP contribution in [0.2, 0.25) is 5.02 Å². The Morgan fingerprint density at radius 2 is 1.88 bits per heavy atom. The fourth-order valence-corrected chi connectivity index (χ4v) is 4.20. The lowest BCUT2D eigenvalue weighted by atomic mass is 10.1. The zero-order valence-electron chi connectivity index (χ0n) is 17.9. The van der Waals surface area contributed by atoms with E-state index >= 15 is 0 Å². The van der Waals surface area contributed by atoms with E-state index in [1.807, 2.05) is 30.5 Å². The van der Waals surface area contributed by atoms with Crippen molar-refractivity contribution in [3.8, 4) is 16.9 Å². The summed E-state index contributed by atoms with van der Waals surface area (Å²) in [7, 11) is 0. The molecule has 1 aromatic carbocycles. The van der Waals surface area contributed by atoms with Crippen molar-refractivity contribution in [2.45, 2.75) is 0 Å². The van der Waals surface area contributed by atoms with Gasteiger partial charge in [0.15, 0.2) is 5.65 Å². The van der Waals surface area contributed by atoms with Crippen molar-refractivity contribution in [2.24, 2.45) is 0 Å². The van der Waals surface area contributed by atoms with Gasteiger partial charge in [-0.1, -0.05) is 11.6 Å². The Kier molecular flexibility index (Phi) is 5.99. The first-order valence-electron chi connectivity index (χ1n) is 10.8. The van der Waals surface area contributed by atoms with Gasteiger partial charge in [0.2, 0.25) is 5.95 Å². The van der Waals surface area contributed by atoms with Crippen molar-refractivity contribution in [3.63, 3.8) is 0 Å². The number of β-amino-alcohol motifs (C(OH)–C–C–N with tert-alkyl or cyclic N) is 1. The third-order valence-corrected chi connectivity index (χ3v) is 6.04. The molecule has 0 aliphatic carbocycles. The molecule has 5 rings (SSSR count). The van der Waals surface area contributed by atoms with Gasteiger partial charge in [-0.05, 0) is 36.4 Å². The molecular weight excluding hydrogens is 442 g/mol. The second-order valence-corrected chi connectivity index (χ2v) is 8.31. The van der Waals surface area contributed by atoms with E-state index in [1.54, 1.807) is 28.9 Å². The van der Waals surface area contributed by atoms with Crippen molar-refractivity contribution in [3.05, 3.63) is 59.9 Å². The normalized spacial score (nSPS) is 14.7. The SMILES string of the molecule is OCCN1CCN(c2cc(Nc3nc4ccc(-c5cc(O)ccc5Cl)cn4n3)ccn2)CC1. The van der Waals surface area contributed by atoms with Gasteiger partial charge in [0.1, 0.15) is 11.6 Å². The van der Waals surface area contributed by atoms with Crippen LogP contribution in [0.4, 0.5) is 17.5 Å². The number of aliphatic hydroxyl groups is 1. The van der Waals surface area contributed by atoms with Gasteiger partial charge in [-0.3, -0.25) is 4.90 Å². The van der Waals surface area contributed by atoms with Gasteiger partial charge in [-0.25, -0.2) is 9.50 Å².